The average molecular weight is 119 g/mol. The summed E-state index contributed by atoms with van der Waals surface area (Å²) in [5.41, 5.74) is 4.56. The molecule has 1 atom stereocenters. The lowest BCUT2D eigenvalue weighted by molar-refractivity contribution is -0.161. The number of nitrogens with two attached hydrogens (primary N) is 1. The zero-order chi connectivity index (χ0) is 6.78. The van der Waals surface area contributed by atoms with Crippen LogP contribution in [0.5, 0.6) is 0 Å². The Hall–Kier alpha value is -0.120. The number of aliphatic hydroxyl groups excluding tert-OH is 1. The molecule has 0 spiro atoms. The molecule has 8 heavy (non-hydrogen) atoms. The predicted molar refractivity (Wildman–Crippen MR) is 31.0 cm³/mol. The van der Waals surface area contributed by atoms with Crippen molar-refractivity contribution in [2.24, 2.45) is 5.73 Å². The van der Waals surface area contributed by atoms with E-state index in [1.165, 1.54) is 0 Å². The van der Waals surface area contributed by atoms with E-state index in [1.807, 2.05) is 20.8 Å². The Kier molecular flexibility index (Phi) is 2.40. The van der Waals surface area contributed by atoms with Gasteiger partial charge in [0.25, 0.3) is 0 Å². The van der Waals surface area contributed by atoms with Crippen LogP contribution in [0.2, 0.25) is 0 Å². The fourth-order valence-electron chi connectivity index (χ4n) is 0.362. The third-order valence-corrected chi connectivity index (χ3v) is 0.474. The molecule has 0 aliphatic rings. The molecule has 1 unspecified atom stereocenters. The number of hydrogen-bond donors (Lipinski definition) is 2. The summed E-state index contributed by atoms with van der Waals surface area (Å²) in [6.07, 6.45) is -1.16. The fourth-order valence-corrected chi connectivity index (χ4v) is 0.362. The van der Waals surface area contributed by atoms with Crippen molar-refractivity contribution >= 4 is 0 Å². The van der Waals surface area contributed by atoms with Gasteiger partial charge in [0.15, 0.2) is 0 Å². The van der Waals surface area contributed by atoms with E-state index in [0.717, 1.165) is 0 Å². The molecule has 50 valence electrons. The maximum absolute atomic E-state index is 8.44. The van der Waals surface area contributed by atoms with E-state index < -0.39 is 6.41 Å². The van der Waals surface area contributed by atoms with Crippen molar-refractivity contribution < 1.29 is 9.84 Å². The van der Waals surface area contributed by atoms with Crippen molar-refractivity contribution in [1.82, 2.24) is 0 Å². The maximum atomic E-state index is 8.44. The molecule has 0 aliphatic heterocycles. The van der Waals surface area contributed by atoms with E-state index in [2.05, 4.69) is 0 Å². The van der Waals surface area contributed by atoms with Crippen LogP contribution in [-0.4, -0.2) is 17.1 Å². The molecule has 0 aromatic rings. The normalized spacial score (nSPS) is 16.1. The summed E-state index contributed by atoms with van der Waals surface area (Å²) in [5, 5.41) is 8.44. The summed E-state index contributed by atoms with van der Waals surface area (Å²) in [6.45, 7) is 5.47. The zero-order valence-corrected chi connectivity index (χ0v) is 5.51. The van der Waals surface area contributed by atoms with Gasteiger partial charge in [-0.3, -0.25) is 5.73 Å². The van der Waals surface area contributed by atoms with Crippen molar-refractivity contribution in [3.05, 3.63) is 0 Å². The van der Waals surface area contributed by atoms with E-state index in [-0.39, 0.29) is 5.60 Å². The Morgan fingerprint density at radius 2 is 1.88 bits per heavy atom. The van der Waals surface area contributed by atoms with Crippen LogP contribution in [0.4, 0.5) is 0 Å². The molecule has 0 saturated heterocycles. The summed E-state index contributed by atoms with van der Waals surface area (Å²) < 4.78 is 4.77. The Morgan fingerprint density at radius 1 is 1.50 bits per heavy atom. The Bertz CT molecular complexity index is 65.3. The standard InChI is InChI=1S/C5H13NO2/c1-5(2,3)8-4(6)7/h4,7H,6H2,1-3H3. The SMILES string of the molecule is CC(C)(C)OC(N)O. The molecule has 0 radical (unpaired) electrons. The minimum atomic E-state index is -1.16. The lowest BCUT2D eigenvalue weighted by Gasteiger charge is -2.20. The first-order valence-electron chi connectivity index (χ1n) is 2.53. The molecule has 0 aliphatic carbocycles. The molecule has 0 saturated carbocycles. The van der Waals surface area contributed by atoms with E-state index in [0.29, 0.717) is 0 Å². The number of hydrogen-bond acceptors (Lipinski definition) is 3. The van der Waals surface area contributed by atoms with Crippen LogP contribution in [-0.2, 0) is 4.74 Å². The van der Waals surface area contributed by atoms with Crippen molar-refractivity contribution in [2.75, 3.05) is 0 Å². The second-order valence-electron chi connectivity index (χ2n) is 2.62. The first-order valence-corrected chi connectivity index (χ1v) is 2.53. The van der Waals surface area contributed by atoms with Gasteiger partial charge in [0.05, 0.1) is 5.60 Å². The lowest BCUT2D eigenvalue weighted by Crippen LogP contribution is -2.32. The maximum Gasteiger partial charge on any atom is 0.211 e. The minimum Gasteiger partial charge on any atom is -0.356 e. The Morgan fingerprint density at radius 3 is 1.88 bits per heavy atom. The van der Waals surface area contributed by atoms with E-state index in [9.17, 15) is 0 Å². The number of aliphatic hydroxyl groups is 1. The van der Waals surface area contributed by atoms with Crippen LogP contribution in [0, 0.1) is 0 Å². The largest absolute Gasteiger partial charge is 0.356 e. The minimum absolute atomic E-state index is 0.353. The molecule has 3 N–H and O–H groups in total. The van der Waals surface area contributed by atoms with Gasteiger partial charge in [-0.2, -0.15) is 0 Å². The summed E-state index contributed by atoms with van der Waals surface area (Å²) in [6, 6.07) is 0. The highest BCUT2D eigenvalue weighted by Gasteiger charge is 2.12. The third kappa shape index (κ3) is 5.88. The molecule has 3 heteroatoms. The fraction of sp³-hybridized carbons (Fsp3) is 1.00. The van der Waals surface area contributed by atoms with Gasteiger partial charge in [-0.15, -0.1) is 0 Å². The second kappa shape index (κ2) is 2.44. The summed E-state index contributed by atoms with van der Waals surface area (Å²) in [7, 11) is 0. The average Bonchev–Trinajstić information content (AvgIpc) is 1.21. The molecular formula is C5H13NO2. The van der Waals surface area contributed by atoms with Gasteiger partial charge in [0, 0.05) is 0 Å². The van der Waals surface area contributed by atoms with Crippen LogP contribution in [0.15, 0.2) is 0 Å². The molecule has 0 rings (SSSR count). The number of rotatable bonds is 1. The first-order chi connectivity index (χ1) is 3.42. The van der Waals surface area contributed by atoms with E-state index in [4.69, 9.17) is 15.6 Å². The van der Waals surface area contributed by atoms with Gasteiger partial charge >= 0.3 is 0 Å². The van der Waals surface area contributed by atoms with Gasteiger partial charge < -0.3 is 9.84 Å². The zero-order valence-electron chi connectivity index (χ0n) is 5.51. The second-order valence-corrected chi connectivity index (χ2v) is 2.62. The molecule has 0 heterocycles. The van der Waals surface area contributed by atoms with Crippen LogP contribution >= 0.6 is 0 Å². The van der Waals surface area contributed by atoms with Crippen molar-refractivity contribution in [3.63, 3.8) is 0 Å². The third-order valence-electron chi connectivity index (χ3n) is 0.474. The molecule has 0 aromatic heterocycles. The van der Waals surface area contributed by atoms with Gasteiger partial charge in [0.2, 0.25) is 6.41 Å². The Labute approximate surface area is 49.4 Å². The van der Waals surface area contributed by atoms with Crippen LogP contribution < -0.4 is 5.73 Å². The molecule has 0 fully saturated rings. The van der Waals surface area contributed by atoms with E-state index in [1.54, 1.807) is 0 Å². The lowest BCUT2D eigenvalue weighted by atomic mass is 10.2. The van der Waals surface area contributed by atoms with Crippen molar-refractivity contribution in [2.45, 2.75) is 32.8 Å². The topological polar surface area (TPSA) is 55.5 Å². The molecular weight excluding hydrogens is 106 g/mol. The van der Waals surface area contributed by atoms with Gasteiger partial charge in [-0.1, -0.05) is 0 Å². The van der Waals surface area contributed by atoms with Crippen LogP contribution in [0.3, 0.4) is 0 Å². The molecule has 0 amide bonds. The first kappa shape index (κ1) is 7.88. The van der Waals surface area contributed by atoms with Gasteiger partial charge in [-0.05, 0) is 20.8 Å². The van der Waals surface area contributed by atoms with Gasteiger partial charge in [-0.25, -0.2) is 0 Å². The summed E-state index contributed by atoms with van der Waals surface area (Å²) in [5.74, 6) is 0. The highest BCUT2D eigenvalue weighted by atomic mass is 16.6. The smallest absolute Gasteiger partial charge is 0.211 e. The van der Waals surface area contributed by atoms with Gasteiger partial charge in [0.1, 0.15) is 0 Å². The van der Waals surface area contributed by atoms with Crippen molar-refractivity contribution in [3.8, 4) is 0 Å². The number of ether oxygens (including phenoxy) is 1. The van der Waals surface area contributed by atoms with Crippen LogP contribution in [0.1, 0.15) is 20.8 Å². The highest BCUT2D eigenvalue weighted by molar-refractivity contribution is 4.57. The highest BCUT2D eigenvalue weighted by Crippen LogP contribution is 2.06. The monoisotopic (exact) mass is 119 g/mol. The summed E-state index contributed by atoms with van der Waals surface area (Å²) in [4.78, 5) is 0. The van der Waals surface area contributed by atoms with Crippen LogP contribution in [0.25, 0.3) is 0 Å². The Balaban J connectivity index is 3.39. The molecule has 0 bridgehead atoms. The summed E-state index contributed by atoms with van der Waals surface area (Å²) >= 11 is 0. The van der Waals surface area contributed by atoms with Crippen molar-refractivity contribution in [1.29, 1.82) is 0 Å². The molecule has 0 aromatic carbocycles. The molecule has 3 nitrogen and oxygen atoms in total. The quantitative estimate of drug-likeness (QED) is 0.479. The van der Waals surface area contributed by atoms with E-state index >= 15 is 0 Å². The predicted octanol–water partition coefficient (Wildman–Crippen LogP) is 0.0361.